The Morgan fingerprint density at radius 2 is 2.00 bits per heavy atom. The Morgan fingerprint density at radius 3 is 2.62 bits per heavy atom. The van der Waals surface area contributed by atoms with E-state index in [-0.39, 0.29) is 18.4 Å². The van der Waals surface area contributed by atoms with Gasteiger partial charge in [-0.05, 0) is 12.1 Å². The van der Waals surface area contributed by atoms with Gasteiger partial charge in [-0.3, -0.25) is 9.59 Å². The summed E-state index contributed by atoms with van der Waals surface area (Å²) >= 11 is 0. The number of likely N-dealkylation sites (N-methyl/N-ethyl adjacent to an activating group) is 1. The predicted molar refractivity (Wildman–Crippen MR) is 60.3 cm³/mol. The molecule has 0 atom stereocenters. The maximum Gasteiger partial charge on any atom is 0.257 e. The number of anilines is 1. The molecule has 0 radical (unpaired) electrons. The van der Waals surface area contributed by atoms with Crippen molar-refractivity contribution in [3.63, 3.8) is 0 Å². The van der Waals surface area contributed by atoms with Crippen molar-refractivity contribution in [2.45, 2.75) is 6.92 Å². The summed E-state index contributed by atoms with van der Waals surface area (Å²) in [5.74, 6) is 0.0647. The lowest BCUT2D eigenvalue weighted by Crippen LogP contribution is -2.25. The van der Waals surface area contributed by atoms with Crippen LogP contribution in [0.25, 0.3) is 0 Å². The van der Waals surface area contributed by atoms with Crippen LogP contribution in [0.5, 0.6) is 5.75 Å². The molecule has 0 aliphatic rings. The van der Waals surface area contributed by atoms with Gasteiger partial charge in [0, 0.05) is 14.0 Å². The molecule has 0 saturated carbocycles. The monoisotopic (exact) mass is 222 g/mol. The lowest BCUT2D eigenvalue weighted by molar-refractivity contribution is -0.122. The van der Waals surface area contributed by atoms with Gasteiger partial charge in [0.2, 0.25) is 5.91 Å². The van der Waals surface area contributed by atoms with Gasteiger partial charge in [0.25, 0.3) is 5.91 Å². The van der Waals surface area contributed by atoms with Crippen LogP contribution in [0.4, 0.5) is 5.69 Å². The molecule has 0 aromatic heterocycles. The fraction of sp³-hybridized carbons (Fsp3) is 0.273. The highest BCUT2D eigenvalue weighted by molar-refractivity contribution is 5.90. The number of nitrogens with one attached hydrogen (secondary N) is 2. The van der Waals surface area contributed by atoms with Gasteiger partial charge >= 0.3 is 0 Å². The highest BCUT2D eigenvalue weighted by Gasteiger charge is 2.05. The molecule has 16 heavy (non-hydrogen) atoms. The van der Waals surface area contributed by atoms with Crippen molar-refractivity contribution < 1.29 is 14.3 Å². The van der Waals surface area contributed by atoms with Gasteiger partial charge in [0.1, 0.15) is 5.75 Å². The van der Waals surface area contributed by atoms with E-state index in [0.717, 1.165) is 0 Å². The van der Waals surface area contributed by atoms with E-state index in [1.165, 1.54) is 14.0 Å². The average molecular weight is 222 g/mol. The van der Waals surface area contributed by atoms with Crippen molar-refractivity contribution >= 4 is 17.5 Å². The smallest absolute Gasteiger partial charge is 0.257 e. The Bertz CT molecular complexity index is 391. The fourth-order valence-corrected chi connectivity index (χ4v) is 1.10. The number of carbonyl (C=O) groups is 2. The highest BCUT2D eigenvalue weighted by Crippen LogP contribution is 2.23. The minimum absolute atomic E-state index is 0.0763. The van der Waals surface area contributed by atoms with Crippen molar-refractivity contribution in [2.75, 3.05) is 19.0 Å². The number of hydrogen-bond acceptors (Lipinski definition) is 3. The van der Waals surface area contributed by atoms with Crippen LogP contribution in [0.1, 0.15) is 6.92 Å². The predicted octanol–water partition coefficient (Wildman–Crippen LogP) is 0.770. The minimum Gasteiger partial charge on any atom is -0.482 e. The number of ether oxygens (including phenoxy) is 1. The Balaban J connectivity index is 2.70. The number of carbonyl (C=O) groups excluding carboxylic acids is 2. The van der Waals surface area contributed by atoms with E-state index in [9.17, 15) is 9.59 Å². The molecule has 0 bridgehead atoms. The van der Waals surface area contributed by atoms with Crippen LogP contribution in [0.2, 0.25) is 0 Å². The molecule has 0 saturated heterocycles. The van der Waals surface area contributed by atoms with Crippen molar-refractivity contribution in [2.24, 2.45) is 0 Å². The average Bonchev–Trinajstić information content (AvgIpc) is 2.26. The molecule has 5 heteroatoms. The Morgan fingerprint density at radius 1 is 1.31 bits per heavy atom. The minimum atomic E-state index is -0.224. The molecule has 1 aromatic rings. The molecule has 2 N–H and O–H groups in total. The summed E-state index contributed by atoms with van der Waals surface area (Å²) in [5.41, 5.74) is 0.555. The second-order valence-electron chi connectivity index (χ2n) is 3.14. The van der Waals surface area contributed by atoms with Crippen molar-refractivity contribution in [1.82, 2.24) is 5.32 Å². The molecular weight excluding hydrogens is 208 g/mol. The second kappa shape index (κ2) is 5.75. The van der Waals surface area contributed by atoms with Crippen LogP contribution in [-0.2, 0) is 9.59 Å². The molecule has 0 aliphatic carbocycles. The van der Waals surface area contributed by atoms with Gasteiger partial charge in [-0.25, -0.2) is 0 Å². The van der Waals surface area contributed by atoms with E-state index in [1.807, 2.05) is 0 Å². The quantitative estimate of drug-likeness (QED) is 0.790. The lowest BCUT2D eigenvalue weighted by Gasteiger charge is -2.10. The third kappa shape index (κ3) is 3.61. The van der Waals surface area contributed by atoms with Crippen molar-refractivity contribution in [3.8, 4) is 5.75 Å². The van der Waals surface area contributed by atoms with Crippen LogP contribution in [-0.4, -0.2) is 25.5 Å². The molecule has 0 fully saturated rings. The summed E-state index contributed by atoms with van der Waals surface area (Å²) in [6.07, 6.45) is 0. The summed E-state index contributed by atoms with van der Waals surface area (Å²) in [6, 6.07) is 6.94. The summed E-state index contributed by atoms with van der Waals surface area (Å²) in [6.45, 7) is 1.34. The summed E-state index contributed by atoms with van der Waals surface area (Å²) in [5, 5.41) is 5.06. The number of para-hydroxylation sites is 2. The molecule has 2 amide bonds. The van der Waals surface area contributed by atoms with Gasteiger partial charge in [0.05, 0.1) is 5.69 Å². The van der Waals surface area contributed by atoms with Crippen LogP contribution in [0.3, 0.4) is 0 Å². The molecule has 0 unspecified atom stereocenters. The van der Waals surface area contributed by atoms with Gasteiger partial charge in [-0.1, -0.05) is 12.1 Å². The van der Waals surface area contributed by atoms with E-state index >= 15 is 0 Å². The zero-order valence-corrected chi connectivity index (χ0v) is 9.24. The second-order valence-corrected chi connectivity index (χ2v) is 3.14. The first-order valence-corrected chi connectivity index (χ1v) is 4.83. The van der Waals surface area contributed by atoms with Crippen LogP contribution in [0.15, 0.2) is 24.3 Å². The van der Waals surface area contributed by atoms with E-state index in [0.29, 0.717) is 11.4 Å². The van der Waals surface area contributed by atoms with Gasteiger partial charge in [-0.15, -0.1) is 0 Å². The topological polar surface area (TPSA) is 67.4 Å². The lowest BCUT2D eigenvalue weighted by atomic mass is 10.3. The Hall–Kier alpha value is -2.04. The molecule has 0 aliphatic heterocycles. The van der Waals surface area contributed by atoms with Crippen molar-refractivity contribution in [3.05, 3.63) is 24.3 Å². The van der Waals surface area contributed by atoms with Gasteiger partial charge in [0.15, 0.2) is 6.61 Å². The number of benzene rings is 1. The normalized spacial score (nSPS) is 9.38. The molecule has 1 aromatic carbocycles. The molecule has 5 nitrogen and oxygen atoms in total. The van der Waals surface area contributed by atoms with Crippen LogP contribution in [0, 0.1) is 0 Å². The maximum atomic E-state index is 11.0. The zero-order chi connectivity index (χ0) is 12.0. The van der Waals surface area contributed by atoms with E-state index in [4.69, 9.17) is 4.74 Å². The SMILES string of the molecule is CNC(=O)COc1ccccc1NC(C)=O. The first kappa shape index (κ1) is 12.0. The highest BCUT2D eigenvalue weighted by atomic mass is 16.5. The van der Waals surface area contributed by atoms with Crippen LogP contribution >= 0.6 is 0 Å². The van der Waals surface area contributed by atoms with Crippen molar-refractivity contribution in [1.29, 1.82) is 0 Å². The Labute approximate surface area is 93.8 Å². The van der Waals surface area contributed by atoms with Gasteiger partial charge < -0.3 is 15.4 Å². The molecule has 1 rings (SSSR count). The summed E-state index contributed by atoms with van der Waals surface area (Å²) in [4.78, 5) is 21.9. The standard InChI is InChI=1S/C11H14N2O3/c1-8(14)13-9-5-3-4-6-10(9)16-7-11(15)12-2/h3-6H,7H2,1-2H3,(H,12,15)(H,13,14). The van der Waals surface area contributed by atoms with Crippen LogP contribution < -0.4 is 15.4 Å². The van der Waals surface area contributed by atoms with E-state index in [2.05, 4.69) is 10.6 Å². The summed E-state index contributed by atoms with van der Waals surface area (Å²) < 4.78 is 5.26. The zero-order valence-electron chi connectivity index (χ0n) is 9.24. The number of amides is 2. The van der Waals surface area contributed by atoms with Gasteiger partial charge in [-0.2, -0.15) is 0 Å². The fourth-order valence-electron chi connectivity index (χ4n) is 1.10. The number of rotatable bonds is 4. The maximum absolute atomic E-state index is 11.0. The first-order valence-electron chi connectivity index (χ1n) is 4.83. The summed E-state index contributed by atoms with van der Waals surface area (Å²) in [7, 11) is 1.53. The number of hydrogen-bond donors (Lipinski definition) is 2. The molecule has 0 heterocycles. The molecule has 86 valence electrons. The first-order chi connectivity index (χ1) is 7.63. The third-order valence-electron chi connectivity index (χ3n) is 1.84. The van der Waals surface area contributed by atoms with E-state index < -0.39 is 0 Å². The molecular formula is C11H14N2O3. The third-order valence-corrected chi connectivity index (χ3v) is 1.84. The molecule has 0 spiro atoms. The van der Waals surface area contributed by atoms with E-state index in [1.54, 1.807) is 24.3 Å². The largest absolute Gasteiger partial charge is 0.482 e. The Kier molecular flexibility index (Phi) is 4.32.